The molecule has 2 amide bonds. The molecule has 0 radical (unpaired) electrons. The van der Waals surface area contributed by atoms with Gasteiger partial charge in [-0.25, -0.2) is 0 Å². The fourth-order valence-electron chi connectivity index (χ4n) is 3.92. The predicted octanol–water partition coefficient (Wildman–Crippen LogP) is 1.54. The summed E-state index contributed by atoms with van der Waals surface area (Å²) in [6.45, 7) is 3.75. The van der Waals surface area contributed by atoms with Crippen LogP contribution in [0.3, 0.4) is 0 Å². The van der Waals surface area contributed by atoms with Gasteiger partial charge in [0.25, 0.3) is 5.91 Å². The summed E-state index contributed by atoms with van der Waals surface area (Å²) in [5, 5.41) is 2.73. The van der Waals surface area contributed by atoms with Gasteiger partial charge in [0.2, 0.25) is 12.7 Å². The topological polar surface area (TPSA) is 128 Å². The van der Waals surface area contributed by atoms with Gasteiger partial charge in [-0.3, -0.25) is 24.1 Å². The van der Waals surface area contributed by atoms with E-state index >= 15 is 0 Å². The summed E-state index contributed by atoms with van der Waals surface area (Å²) >= 11 is 0. The van der Waals surface area contributed by atoms with E-state index in [0.717, 1.165) is 0 Å². The van der Waals surface area contributed by atoms with Crippen LogP contribution >= 0.6 is 0 Å². The summed E-state index contributed by atoms with van der Waals surface area (Å²) < 4.78 is 21.0. The lowest BCUT2D eigenvalue weighted by molar-refractivity contribution is -0.151. The van der Waals surface area contributed by atoms with Crippen LogP contribution in [0.5, 0.6) is 11.5 Å². The molecule has 1 saturated heterocycles. The number of hydrogen-bond donors (Lipinski definition) is 1. The number of fused-ring (bicyclic) bond motifs is 1. The van der Waals surface area contributed by atoms with E-state index in [9.17, 15) is 19.2 Å². The maximum atomic E-state index is 12.9. The zero-order valence-corrected chi connectivity index (χ0v) is 18.9. The minimum atomic E-state index is -0.831. The van der Waals surface area contributed by atoms with Crippen LogP contribution in [0, 0.1) is 0 Å². The van der Waals surface area contributed by atoms with Gasteiger partial charge in [-0.1, -0.05) is 0 Å². The van der Waals surface area contributed by atoms with Crippen molar-refractivity contribution in [1.82, 2.24) is 9.80 Å². The minimum Gasteiger partial charge on any atom is -0.465 e. The number of amides is 2. The van der Waals surface area contributed by atoms with E-state index in [-0.39, 0.29) is 56.0 Å². The van der Waals surface area contributed by atoms with Gasteiger partial charge in [0.1, 0.15) is 6.04 Å². The van der Waals surface area contributed by atoms with Crippen molar-refractivity contribution in [3.05, 3.63) is 41.9 Å². The molecule has 180 valence electrons. The number of piperazine rings is 1. The molecule has 1 fully saturated rings. The first-order chi connectivity index (χ1) is 16.4. The third kappa shape index (κ3) is 4.88. The number of hydrogen-bond acceptors (Lipinski definition) is 9. The Morgan fingerprint density at radius 1 is 1.15 bits per heavy atom. The van der Waals surface area contributed by atoms with E-state index < -0.39 is 17.9 Å². The molecule has 11 nitrogen and oxygen atoms in total. The molecule has 1 aromatic heterocycles. The van der Waals surface area contributed by atoms with E-state index in [1.807, 2.05) is 0 Å². The highest BCUT2D eigenvalue weighted by Crippen LogP contribution is 2.37. The number of nitrogens with zero attached hydrogens (tertiary/aromatic N) is 2. The molecule has 1 N–H and O–H groups in total. The SMILES string of the molecule is CCOC(=O)C1CN(C(=O)c2ccco2)CCN1CC(=O)Nc1cc2c(cc1C(C)=O)OCO2. The quantitative estimate of drug-likeness (QED) is 0.472. The maximum absolute atomic E-state index is 12.9. The number of esters is 1. The lowest BCUT2D eigenvalue weighted by Crippen LogP contribution is -2.59. The van der Waals surface area contributed by atoms with Crippen molar-refractivity contribution < 1.29 is 37.8 Å². The molecule has 34 heavy (non-hydrogen) atoms. The Hall–Kier alpha value is -3.86. The van der Waals surface area contributed by atoms with Crippen molar-refractivity contribution in [1.29, 1.82) is 0 Å². The Morgan fingerprint density at radius 3 is 2.59 bits per heavy atom. The van der Waals surface area contributed by atoms with Crippen LogP contribution in [0.15, 0.2) is 34.9 Å². The van der Waals surface area contributed by atoms with Crippen molar-refractivity contribution in [3.63, 3.8) is 0 Å². The average molecular weight is 471 g/mol. The number of anilines is 1. The Morgan fingerprint density at radius 2 is 1.91 bits per heavy atom. The second kappa shape index (κ2) is 9.96. The highest BCUT2D eigenvalue weighted by atomic mass is 16.7. The minimum absolute atomic E-state index is 0.0340. The number of nitrogens with one attached hydrogen (secondary N) is 1. The molecular weight excluding hydrogens is 446 g/mol. The van der Waals surface area contributed by atoms with Crippen LogP contribution in [0.1, 0.15) is 34.8 Å². The fraction of sp³-hybridized carbons (Fsp3) is 0.391. The number of benzene rings is 1. The zero-order valence-electron chi connectivity index (χ0n) is 18.9. The number of Topliss-reactive ketones (excluding diaryl/α,β-unsaturated/α-hetero) is 1. The molecule has 2 aliphatic heterocycles. The summed E-state index contributed by atoms with van der Waals surface area (Å²) in [5.41, 5.74) is 0.578. The monoisotopic (exact) mass is 471 g/mol. The number of carbonyl (C=O) groups is 4. The van der Waals surface area contributed by atoms with E-state index in [0.29, 0.717) is 23.7 Å². The Balaban J connectivity index is 1.47. The molecule has 0 bridgehead atoms. The van der Waals surface area contributed by atoms with Gasteiger partial charge >= 0.3 is 5.97 Å². The van der Waals surface area contributed by atoms with Gasteiger partial charge in [0, 0.05) is 31.3 Å². The van der Waals surface area contributed by atoms with Crippen LogP contribution in [0.2, 0.25) is 0 Å². The number of rotatable bonds is 7. The first kappa shape index (κ1) is 23.3. The second-order valence-electron chi connectivity index (χ2n) is 7.82. The molecular formula is C23H25N3O8. The van der Waals surface area contributed by atoms with E-state index in [2.05, 4.69) is 5.32 Å². The maximum Gasteiger partial charge on any atom is 0.325 e. The molecule has 2 aromatic rings. The molecule has 0 aliphatic carbocycles. The van der Waals surface area contributed by atoms with E-state index in [4.69, 9.17) is 18.6 Å². The van der Waals surface area contributed by atoms with Crippen LogP contribution in [0.25, 0.3) is 0 Å². The molecule has 0 spiro atoms. The van der Waals surface area contributed by atoms with Gasteiger partial charge in [-0.05, 0) is 32.0 Å². The van der Waals surface area contributed by atoms with Gasteiger partial charge in [0.15, 0.2) is 23.0 Å². The van der Waals surface area contributed by atoms with Gasteiger partial charge in [0.05, 0.1) is 25.1 Å². The number of ketones is 1. The standard InChI is InChI=1S/C23H25N3O8/c1-3-31-23(30)17-11-26(22(29)18-5-4-8-32-18)7-6-25(17)12-21(28)24-16-10-20-19(33-13-34-20)9-15(16)14(2)27/h4-5,8-10,17H,3,6-7,11-13H2,1-2H3,(H,24,28). The zero-order chi connectivity index (χ0) is 24.2. The molecule has 1 atom stereocenters. The highest BCUT2D eigenvalue weighted by Gasteiger charge is 2.37. The van der Waals surface area contributed by atoms with Crippen molar-refractivity contribution in [2.24, 2.45) is 0 Å². The third-order valence-electron chi connectivity index (χ3n) is 5.58. The summed E-state index contributed by atoms with van der Waals surface area (Å²) in [5.74, 6) is -0.509. The summed E-state index contributed by atoms with van der Waals surface area (Å²) in [6, 6.07) is 5.41. The fourth-order valence-corrected chi connectivity index (χ4v) is 3.92. The third-order valence-corrected chi connectivity index (χ3v) is 5.58. The van der Waals surface area contributed by atoms with Crippen molar-refractivity contribution in [3.8, 4) is 11.5 Å². The average Bonchev–Trinajstić information content (AvgIpc) is 3.50. The summed E-state index contributed by atoms with van der Waals surface area (Å²) in [4.78, 5) is 53.5. The molecule has 4 rings (SSSR count). The summed E-state index contributed by atoms with van der Waals surface area (Å²) in [6.07, 6.45) is 1.40. The summed E-state index contributed by atoms with van der Waals surface area (Å²) in [7, 11) is 0. The molecule has 11 heteroatoms. The van der Waals surface area contributed by atoms with Crippen LogP contribution < -0.4 is 14.8 Å². The Labute approximate surface area is 195 Å². The normalized spacial score (nSPS) is 17.4. The molecule has 2 aliphatic rings. The van der Waals surface area contributed by atoms with Crippen molar-refractivity contribution in [2.75, 3.05) is 44.9 Å². The van der Waals surface area contributed by atoms with E-state index in [1.54, 1.807) is 30.0 Å². The van der Waals surface area contributed by atoms with Crippen molar-refractivity contribution >= 4 is 29.3 Å². The lowest BCUT2D eigenvalue weighted by Gasteiger charge is -2.39. The van der Waals surface area contributed by atoms with E-state index in [1.165, 1.54) is 24.2 Å². The highest BCUT2D eigenvalue weighted by molar-refractivity contribution is 6.05. The first-order valence-corrected chi connectivity index (χ1v) is 10.8. The smallest absolute Gasteiger partial charge is 0.325 e. The van der Waals surface area contributed by atoms with Gasteiger partial charge in [-0.15, -0.1) is 0 Å². The Kier molecular flexibility index (Phi) is 6.82. The number of furan rings is 1. The molecule has 3 heterocycles. The number of ether oxygens (including phenoxy) is 3. The largest absolute Gasteiger partial charge is 0.465 e. The molecule has 1 aromatic carbocycles. The van der Waals surface area contributed by atoms with Crippen molar-refractivity contribution in [2.45, 2.75) is 19.9 Å². The van der Waals surface area contributed by atoms with Crippen LogP contribution in [0.4, 0.5) is 5.69 Å². The molecule has 1 unspecified atom stereocenters. The predicted molar refractivity (Wildman–Crippen MR) is 118 cm³/mol. The first-order valence-electron chi connectivity index (χ1n) is 10.8. The van der Waals surface area contributed by atoms with Gasteiger partial charge in [-0.2, -0.15) is 0 Å². The van der Waals surface area contributed by atoms with Crippen LogP contribution in [-0.4, -0.2) is 79.0 Å². The number of carbonyl (C=O) groups excluding carboxylic acids is 4. The lowest BCUT2D eigenvalue weighted by atomic mass is 10.1. The molecule has 0 saturated carbocycles. The van der Waals surface area contributed by atoms with Crippen LogP contribution in [-0.2, 0) is 14.3 Å². The Bertz CT molecular complexity index is 1100. The second-order valence-corrected chi connectivity index (χ2v) is 7.82. The van der Waals surface area contributed by atoms with Gasteiger partial charge < -0.3 is 28.8 Å².